The van der Waals surface area contributed by atoms with Crippen molar-refractivity contribution in [2.75, 3.05) is 20.8 Å². The Kier molecular flexibility index (Phi) is 8.60. The average Bonchev–Trinajstić information content (AvgIpc) is 2.70. The van der Waals surface area contributed by atoms with Crippen LogP contribution in [0.15, 0.2) is 30.3 Å². The highest BCUT2D eigenvalue weighted by Crippen LogP contribution is 2.19. The van der Waals surface area contributed by atoms with E-state index in [1.54, 1.807) is 30.3 Å². The van der Waals surface area contributed by atoms with E-state index in [1.165, 1.54) is 6.92 Å². The second-order valence-electron chi connectivity index (χ2n) is 5.82. The lowest BCUT2D eigenvalue weighted by atomic mass is 9.87. The Morgan fingerprint density at radius 2 is 1.54 bits per heavy atom. The highest BCUT2D eigenvalue weighted by atomic mass is 16.5. The van der Waals surface area contributed by atoms with Gasteiger partial charge in [0.2, 0.25) is 5.91 Å². The molecule has 0 aromatic heterocycles. The molecule has 0 aliphatic rings. The number of esters is 2. The Bertz CT molecular complexity index is 718. The molecule has 0 aliphatic heterocycles. The number of aliphatic carboxylic acids is 1. The summed E-state index contributed by atoms with van der Waals surface area (Å²) in [6, 6.07) is 6.53. The summed E-state index contributed by atoms with van der Waals surface area (Å²) >= 11 is 0. The van der Waals surface area contributed by atoms with Crippen LogP contribution in [0, 0.1) is 11.8 Å². The Balaban J connectivity index is 2.81. The van der Waals surface area contributed by atoms with Crippen LogP contribution in [0.25, 0.3) is 0 Å². The number of carbonyl (C=O) groups excluding carboxylic acids is 4. The van der Waals surface area contributed by atoms with Crippen LogP contribution < -0.4 is 10.6 Å². The molecule has 0 saturated carbocycles. The van der Waals surface area contributed by atoms with Crippen LogP contribution in [0.5, 0.6) is 0 Å². The zero-order valence-electron chi connectivity index (χ0n) is 15.6. The molecule has 0 radical (unpaired) electrons. The van der Waals surface area contributed by atoms with E-state index in [1.807, 2.05) is 0 Å². The molecule has 0 unspecified atom stereocenters. The number of hydrogen-bond donors (Lipinski definition) is 3. The minimum Gasteiger partial charge on any atom is -0.480 e. The van der Waals surface area contributed by atoms with Gasteiger partial charge in [0.15, 0.2) is 5.92 Å². The molecule has 2 atom stereocenters. The van der Waals surface area contributed by atoms with Crippen LogP contribution in [0.2, 0.25) is 0 Å². The summed E-state index contributed by atoms with van der Waals surface area (Å²) in [5.74, 6) is -7.49. The predicted octanol–water partition coefficient (Wildman–Crippen LogP) is -0.416. The van der Waals surface area contributed by atoms with Gasteiger partial charge in [-0.15, -0.1) is 0 Å². The van der Waals surface area contributed by atoms with E-state index >= 15 is 0 Å². The first-order chi connectivity index (χ1) is 13.2. The number of carbonyl (C=O) groups is 5. The normalized spacial score (nSPS) is 12.4. The number of carboxylic acid groups (broad SMARTS) is 1. The first-order valence-electron chi connectivity index (χ1n) is 8.24. The first-order valence-corrected chi connectivity index (χ1v) is 8.24. The van der Waals surface area contributed by atoms with Crippen LogP contribution in [0.4, 0.5) is 0 Å². The van der Waals surface area contributed by atoms with E-state index in [0.717, 1.165) is 14.2 Å². The summed E-state index contributed by atoms with van der Waals surface area (Å²) in [6.07, 6.45) is 0. The third kappa shape index (κ3) is 6.08. The number of amides is 2. The highest BCUT2D eigenvalue weighted by molar-refractivity contribution is 5.98. The lowest BCUT2D eigenvalue weighted by Crippen LogP contribution is -2.52. The van der Waals surface area contributed by atoms with E-state index in [9.17, 15) is 29.1 Å². The molecule has 0 heterocycles. The van der Waals surface area contributed by atoms with Gasteiger partial charge in [0.05, 0.1) is 20.8 Å². The molecule has 28 heavy (non-hydrogen) atoms. The molecule has 2 amide bonds. The van der Waals surface area contributed by atoms with E-state index in [-0.39, 0.29) is 0 Å². The van der Waals surface area contributed by atoms with E-state index in [2.05, 4.69) is 20.1 Å². The van der Waals surface area contributed by atoms with Crippen molar-refractivity contribution in [2.24, 2.45) is 11.8 Å². The molecule has 152 valence electrons. The average molecular weight is 394 g/mol. The molecule has 10 nitrogen and oxygen atoms in total. The van der Waals surface area contributed by atoms with Crippen LogP contribution in [-0.2, 0) is 28.7 Å². The maximum Gasteiger partial charge on any atom is 0.326 e. The largest absolute Gasteiger partial charge is 0.480 e. The fourth-order valence-electron chi connectivity index (χ4n) is 2.47. The molecular weight excluding hydrogens is 372 g/mol. The zero-order valence-corrected chi connectivity index (χ0v) is 15.6. The van der Waals surface area contributed by atoms with Gasteiger partial charge >= 0.3 is 17.9 Å². The lowest BCUT2D eigenvalue weighted by molar-refractivity contribution is -0.163. The highest BCUT2D eigenvalue weighted by Gasteiger charge is 2.41. The Labute approximate surface area is 161 Å². The van der Waals surface area contributed by atoms with Crippen molar-refractivity contribution in [3.05, 3.63) is 35.9 Å². The van der Waals surface area contributed by atoms with E-state index in [0.29, 0.717) is 5.56 Å². The molecule has 0 fully saturated rings. The number of carboxylic acids is 1. The molecule has 0 bridgehead atoms. The van der Waals surface area contributed by atoms with E-state index < -0.39 is 54.1 Å². The van der Waals surface area contributed by atoms with Crippen molar-refractivity contribution in [3.63, 3.8) is 0 Å². The van der Waals surface area contributed by atoms with Gasteiger partial charge < -0.3 is 25.2 Å². The van der Waals surface area contributed by atoms with Gasteiger partial charge in [0.1, 0.15) is 6.04 Å². The minimum absolute atomic E-state index is 0.329. The standard InChI is InChI=1S/C18H22N2O8/c1-10(13(17(25)27-2)18(26)28-3)14(16(23)24)20-12(21)9-19-15(22)11-7-5-4-6-8-11/h4-8,10,13-14H,9H2,1-3H3,(H,19,22)(H,20,21)(H,23,24)/t10-,14-/m0/s1. The van der Waals surface area contributed by atoms with Crippen molar-refractivity contribution in [2.45, 2.75) is 13.0 Å². The fraction of sp³-hybridized carbons (Fsp3) is 0.389. The number of methoxy groups -OCH3 is 2. The number of benzene rings is 1. The Morgan fingerprint density at radius 3 is 2.00 bits per heavy atom. The number of nitrogens with one attached hydrogen (secondary N) is 2. The van der Waals surface area contributed by atoms with Crippen LogP contribution in [0.1, 0.15) is 17.3 Å². The van der Waals surface area contributed by atoms with Crippen molar-refractivity contribution in [3.8, 4) is 0 Å². The smallest absolute Gasteiger partial charge is 0.326 e. The topological polar surface area (TPSA) is 148 Å². The Hall–Kier alpha value is -3.43. The molecular formula is C18H22N2O8. The third-order valence-electron chi connectivity index (χ3n) is 3.99. The van der Waals surface area contributed by atoms with Crippen LogP contribution >= 0.6 is 0 Å². The van der Waals surface area contributed by atoms with Crippen LogP contribution in [0.3, 0.4) is 0 Å². The summed E-state index contributed by atoms with van der Waals surface area (Å²) in [5.41, 5.74) is 0.329. The number of hydrogen-bond acceptors (Lipinski definition) is 7. The third-order valence-corrected chi connectivity index (χ3v) is 3.99. The molecule has 0 spiro atoms. The first kappa shape index (κ1) is 22.6. The quantitative estimate of drug-likeness (QED) is 0.378. The van der Waals surface area contributed by atoms with Crippen molar-refractivity contribution >= 4 is 29.7 Å². The lowest BCUT2D eigenvalue weighted by Gasteiger charge is -2.26. The Morgan fingerprint density at radius 1 is 1.00 bits per heavy atom. The van der Waals surface area contributed by atoms with Crippen LogP contribution in [-0.4, -0.2) is 61.6 Å². The van der Waals surface area contributed by atoms with Gasteiger partial charge in [-0.05, 0) is 12.1 Å². The molecule has 10 heteroatoms. The SMILES string of the molecule is COC(=O)C(C(=O)OC)[C@H](C)[C@H](NC(=O)CNC(=O)c1ccccc1)C(=O)O. The van der Waals surface area contributed by atoms with Gasteiger partial charge in [0.25, 0.3) is 5.91 Å². The second kappa shape index (κ2) is 10.7. The number of rotatable bonds is 9. The number of ether oxygens (including phenoxy) is 2. The molecule has 3 N–H and O–H groups in total. The van der Waals surface area contributed by atoms with Gasteiger partial charge in [-0.2, -0.15) is 0 Å². The molecule has 1 rings (SSSR count). The zero-order chi connectivity index (χ0) is 21.3. The van der Waals surface area contributed by atoms with Gasteiger partial charge in [0, 0.05) is 11.5 Å². The van der Waals surface area contributed by atoms with Gasteiger partial charge in [-0.1, -0.05) is 25.1 Å². The minimum atomic E-state index is -1.59. The predicted molar refractivity (Wildman–Crippen MR) is 95.0 cm³/mol. The fourth-order valence-corrected chi connectivity index (χ4v) is 2.47. The van der Waals surface area contributed by atoms with Crippen molar-refractivity contribution in [1.29, 1.82) is 0 Å². The summed E-state index contributed by atoms with van der Waals surface area (Å²) in [5, 5.41) is 13.9. The maximum absolute atomic E-state index is 12.1. The van der Waals surface area contributed by atoms with Gasteiger partial charge in [-0.25, -0.2) is 4.79 Å². The molecule has 0 saturated heterocycles. The van der Waals surface area contributed by atoms with Crippen molar-refractivity contribution < 1.29 is 38.6 Å². The van der Waals surface area contributed by atoms with E-state index in [4.69, 9.17) is 0 Å². The molecule has 1 aromatic carbocycles. The van der Waals surface area contributed by atoms with Gasteiger partial charge in [-0.3, -0.25) is 19.2 Å². The summed E-state index contributed by atoms with van der Waals surface area (Å²) in [6.45, 7) is 0.797. The second-order valence-corrected chi connectivity index (χ2v) is 5.82. The summed E-state index contributed by atoms with van der Waals surface area (Å²) in [4.78, 5) is 59.3. The van der Waals surface area contributed by atoms with Crippen molar-refractivity contribution in [1.82, 2.24) is 10.6 Å². The maximum atomic E-state index is 12.1. The monoisotopic (exact) mass is 394 g/mol. The summed E-state index contributed by atoms with van der Waals surface area (Å²) in [7, 11) is 2.08. The molecule has 0 aliphatic carbocycles. The summed E-state index contributed by atoms with van der Waals surface area (Å²) < 4.78 is 9.03. The molecule has 1 aromatic rings.